The van der Waals surface area contributed by atoms with E-state index in [0.717, 1.165) is 0 Å². The highest BCUT2D eigenvalue weighted by Gasteiger charge is 2.26. The fourth-order valence-corrected chi connectivity index (χ4v) is 1.39. The number of aliphatic carboxylic acids is 1. The summed E-state index contributed by atoms with van der Waals surface area (Å²) >= 11 is 0. The van der Waals surface area contributed by atoms with Gasteiger partial charge in [0.2, 0.25) is 5.82 Å². The number of nitrogens with zero attached hydrogens (tertiary/aromatic N) is 3. The van der Waals surface area contributed by atoms with Crippen molar-refractivity contribution in [3.8, 4) is 0 Å². The Balaban J connectivity index is 3.04. The van der Waals surface area contributed by atoms with Crippen LogP contribution in [0, 0.1) is 17.0 Å². The molecule has 18 heavy (non-hydrogen) atoms. The first kappa shape index (κ1) is 13.9. The van der Waals surface area contributed by atoms with Crippen LogP contribution in [0.25, 0.3) is 0 Å². The highest BCUT2D eigenvalue weighted by atomic mass is 16.7. The lowest BCUT2D eigenvalue weighted by molar-refractivity contribution is -0.384. The molecular weight excluding hydrogens is 244 g/mol. The van der Waals surface area contributed by atoms with Crippen LogP contribution < -0.4 is 5.48 Å². The van der Waals surface area contributed by atoms with E-state index < -0.39 is 17.5 Å². The summed E-state index contributed by atoms with van der Waals surface area (Å²) in [5.41, 5.74) is 2.28. The Bertz CT molecular complexity index is 468. The number of aromatic nitrogens is 2. The number of nitrogens with one attached hydrogen (secondary N) is 1. The molecular formula is C9H14N4O5. The first-order chi connectivity index (χ1) is 8.34. The minimum Gasteiger partial charge on any atom is -0.479 e. The van der Waals surface area contributed by atoms with Crippen LogP contribution in [-0.4, -0.2) is 32.4 Å². The third-order valence-electron chi connectivity index (χ3n) is 2.09. The number of carboxylic acids is 1. The van der Waals surface area contributed by atoms with Gasteiger partial charge in [0.05, 0.1) is 4.92 Å². The quantitative estimate of drug-likeness (QED) is 0.579. The molecule has 0 atom stereocenters. The third-order valence-corrected chi connectivity index (χ3v) is 2.09. The molecule has 0 spiro atoms. The van der Waals surface area contributed by atoms with E-state index in [1.807, 2.05) is 0 Å². The smallest absolute Gasteiger partial charge is 0.335 e. The van der Waals surface area contributed by atoms with Crippen molar-refractivity contribution in [2.45, 2.75) is 26.8 Å². The van der Waals surface area contributed by atoms with Crippen molar-refractivity contribution in [3.05, 3.63) is 15.8 Å². The maximum atomic E-state index is 10.9. The summed E-state index contributed by atoms with van der Waals surface area (Å²) in [6.45, 7) is 4.47. The molecule has 0 saturated carbocycles. The van der Waals surface area contributed by atoms with Crippen molar-refractivity contribution in [1.29, 1.82) is 0 Å². The maximum absolute atomic E-state index is 10.9. The molecule has 0 fully saturated rings. The van der Waals surface area contributed by atoms with Gasteiger partial charge in [-0.3, -0.25) is 15.0 Å². The van der Waals surface area contributed by atoms with Gasteiger partial charge in [-0.25, -0.2) is 15.0 Å². The van der Waals surface area contributed by atoms with E-state index in [1.54, 1.807) is 13.8 Å². The number of hydrogen-bond acceptors (Lipinski definition) is 6. The predicted molar refractivity (Wildman–Crippen MR) is 61.2 cm³/mol. The second-order valence-corrected chi connectivity index (χ2v) is 3.86. The number of carbonyl (C=O) groups is 1. The van der Waals surface area contributed by atoms with Crippen molar-refractivity contribution < 1.29 is 19.7 Å². The summed E-state index contributed by atoms with van der Waals surface area (Å²) in [6, 6.07) is -0.131. The molecule has 0 radical (unpaired) electrons. The van der Waals surface area contributed by atoms with Gasteiger partial charge in [-0.1, -0.05) is 0 Å². The Morgan fingerprint density at radius 2 is 2.28 bits per heavy atom. The van der Waals surface area contributed by atoms with Gasteiger partial charge in [-0.15, -0.1) is 0 Å². The lowest BCUT2D eigenvalue weighted by Gasteiger charge is -2.10. The van der Waals surface area contributed by atoms with Crippen molar-refractivity contribution in [2.24, 2.45) is 0 Å². The van der Waals surface area contributed by atoms with E-state index in [2.05, 4.69) is 15.4 Å². The molecule has 0 aliphatic heterocycles. The van der Waals surface area contributed by atoms with Crippen LogP contribution in [-0.2, 0) is 9.63 Å². The zero-order chi connectivity index (χ0) is 13.9. The summed E-state index contributed by atoms with van der Waals surface area (Å²) in [4.78, 5) is 25.3. The van der Waals surface area contributed by atoms with Gasteiger partial charge in [0, 0.05) is 6.04 Å². The molecule has 0 aliphatic carbocycles. The van der Waals surface area contributed by atoms with Crippen molar-refractivity contribution >= 4 is 17.5 Å². The lowest BCUT2D eigenvalue weighted by atomic mass is 10.3. The van der Waals surface area contributed by atoms with Crippen LogP contribution in [0.1, 0.15) is 25.6 Å². The number of nitro groups is 1. The molecule has 1 rings (SSSR count). The molecule has 9 heteroatoms. The van der Waals surface area contributed by atoms with Crippen molar-refractivity contribution in [1.82, 2.24) is 9.78 Å². The third kappa shape index (κ3) is 2.94. The second kappa shape index (κ2) is 5.45. The van der Waals surface area contributed by atoms with Gasteiger partial charge in [-0.2, -0.15) is 5.10 Å². The van der Waals surface area contributed by atoms with Crippen molar-refractivity contribution in [3.63, 3.8) is 0 Å². The predicted octanol–water partition coefficient (Wildman–Crippen LogP) is 1.11. The molecule has 0 aromatic carbocycles. The van der Waals surface area contributed by atoms with Gasteiger partial charge >= 0.3 is 11.7 Å². The number of anilines is 1. The molecule has 0 saturated heterocycles. The van der Waals surface area contributed by atoms with E-state index in [9.17, 15) is 14.9 Å². The molecule has 0 bridgehead atoms. The zero-order valence-electron chi connectivity index (χ0n) is 10.2. The van der Waals surface area contributed by atoms with E-state index in [0.29, 0.717) is 0 Å². The molecule has 0 aliphatic rings. The Kier molecular flexibility index (Phi) is 4.21. The molecule has 2 N–H and O–H groups in total. The van der Waals surface area contributed by atoms with E-state index in [1.165, 1.54) is 11.6 Å². The van der Waals surface area contributed by atoms with Crippen LogP contribution in [0.2, 0.25) is 0 Å². The highest BCUT2D eigenvalue weighted by molar-refractivity contribution is 5.68. The first-order valence-electron chi connectivity index (χ1n) is 5.17. The molecule has 100 valence electrons. The van der Waals surface area contributed by atoms with Crippen LogP contribution in [0.15, 0.2) is 0 Å². The zero-order valence-corrected chi connectivity index (χ0v) is 10.2. The molecule has 1 aromatic rings. The average Bonchev–Trinajstić information content (AvgIpc) is 2.55. The molecule has 1 heterocycles. The molecule has 0 amide bonds. The van der Waals surface area contributed by atoms with E-state index in [-0.39, 0.29) is 23.2 Å². The van der Waals surface area contributed by atoms with Gasteiger partial charge < -0.3 is 5.11 Å². The largest absolute Gasteiger partial charge is 0.479 e. The molecule has 0 unspecified atom stereocenters. The highest BCUT2D eigenvalue weighted by Crippen LogP contribution is 2.30. The number of carboxylic acid groups (broad SMARTS) is 1. The molecule has 9 nitrogen and oxygen atoms in total. The van der Waals surface area contributed by atoms with Crippen LogP contribution in [0.3, 0.4) is 0 Å². The Morgan fingerprint density at radius 3 is 2.72 bits per heavy atom. The van der Waals surface area contributed by atoms with Gasteiger partial charge in [-0.05, 0) is 20.8 Å². The number of hydrogen-bond donors (Lipinski definition) is 2. The first-order valence-corrected chi connectivity index (χ1v) is 5.17. The standard InChI is InChI=1S/C9H14N4O5/c1-5(2)12-9(11-18-4-7(14)15)8(13(16)17)6(3)10-12/h5,11H,4H2,1-3H3,(H,14,15). The number of rotatable bonds is 6. The minimum atomic E-state index is -1.18. The monoisotopic (exact) mass is 258 g/mol. The van der Waals surface area contributed by atoms with Gasteiger partial charge in [0.1, 0.15) is 5.69 Å². The van der Waals surface area contributed by atoms with Crippen LogP contribution in [0.4, 0.5) is 11.5 Å². The summed E-state index contributed by atoms with van der Waals surface area (Å²) in [5.74, 6) is -1.15. The van der Waals surface area contributed by atoms with Gasteiger partial charge in [0.15, 0.2) is 6.61 Å². The average molecular weight is 258 g/mol. The Hall–Kier alpha value is -2.16. The lowest BCUT2D eigenvalue weighted by Crippen LogP contribution is -2.15. The summed E-state index contributed by atoms with van der Waals surface area (Å²) in [7, 11) is 0. The van der Waals surface area contributed by atoms with E-state index >= 15 is 0 Å². The number of aryl methyl sites for hydroxylation is 1. The Labute approximate surface area is 102 Å². The Morgan fingerprint density at radius 1 is 1.67 bits per heavy atom. The minimum absolute atomic E-state index is 0.0359. The fraction of sp³-hybridized carbons (Fsp3) is 0.556. The SMILES string of the molecule is Cc1nn(C(C)C)c(NOCC(=O)O)c1[N+](=O)[O-]. The van der Waals surface area contributed by atoms with Crippen LogP contribution >= 0.6 is 0 Å². The normalized spacial score (nSPS) is 10.7. The molecule has 1 aromatic heterocycles. The van der Waals surface area contributed by atoms with Crippen molar-refractivity contribution in [2.75, 3.05) is 12.1 Å². The van der Waals surface area contributed by atoms with Crippen LogP contribution in [0.5, 0.6) is 0 Å². The maximum Gasteiger partial charge on any atom is 0.335 e. The van der Waals surface area contributed by atoms with Gasteiger partial charge in [0.25, 0.3) is 0 Å². The summed E-state index contributed by atoms with van der Waals surface area (Å²) in [6.07, 6.45) is 0. The summed E-state index contributed by atoms with van der Waals surface area (Å²) in [5, 5.41) is 23.4. The van der Waals surface area contributed by atoms with E-state index in [4.69, 9.17) is 5.11 Å². The topological polar surface area (TPSA) is 120 Å². The second-order valence-electron chi connectivity index (χ2n) is 3.86. The summed E-state index contributed by atoms with van der Waals surface area (Å²) < 4.78 is 1.37. The fourth-order valence-electron chi connectivity index (χ4n) is 1.39.